The molecule has 5 nitrogen and oxygen atoms in total. The first-order valence-electron chi connectivity index (χ1n) is 8.77. The normalized spacial score (nSPS) is 17.8. The number of amides is 1. The number of nitrogens with one attached hydrogen (secondary N) is 2. The Balaban J connectivity index is 1.31. The van der Waals surface area contributed by atoms with Crippen molar-refractivity contribution in [2.75, 3.05) is 4.72 Å². The number of anilines is 1. The minimum absolute atomic E-state index is 0.0649. The molecule has 2 aliphatic rings. The lowest BCUT2D eigenvalue weighted by atomic mass is 10.1. The van der Waals surface area contributed by atoms with Crippen LogP contribution in [-0.2, 0) is 5.54 Å². The highest BCUT2D eigenvalue weighted by Gasteiger charge is 2.47. The Labute approximate surface area is 159 Å². The van der Waals surface area contributed by atoms with Crippen molar-refractivity contribution in [3.8, 4) is 0 Å². The Morgan fingerprint density at radius 3 is 2.96 bits per heavy atom. The molecule has 132 valence electrons. The second-order valence-electron chi connectivity index (χ2n) is 6.90. The molecule has 26 heavy (non-hydrogen) atoms. The molecule has 3 aromatic rings. The van der Waals surface area contributed by atoms with Crippen LogP contribution in [0.5, 0.6) is 0 Å². The van der Waals surface area contributed by atoms with Crippen LogP contribution in [0, 0.1) is 0 Å². The maximum Gasteiger partial charge on any atom is 0.252 e. The average molecular weight is 383 g/mol. The summed E-state index contributed by atoms with van der Waals surface area (Å²) in [5, 5.41) is 7.95. The Hall–Kier alpha value is -2.12. The summed E-state index contributed by atoms with van der Waals surface area (Å²) in [5.41, 5.74) is 2.13. The molecule has 0 aliphatic heterocycles. The van der Waals surface area contributed by atoms with E-state index in [9.17, 15) is 4.79 Å². The summed E-state index contributed by atoms with van der Waals surface area (Å²) >= 11 is 3.36. The third-order valence-electron chi connectivity index (χ3n) is 4.80. The molecule has 0 spiro atoms. The number of aromatic nitrogens is 2. The van der Waals surface area contributed by atoms with Gasteiger partial charge < -0.3 is 10.0 Å². The molecular formula is C19H18N4OS2. The standard InChI is InChI=1S/C19H18N4OS2/c24-17(13-4-3-12-2-1-9-20-15(12)10-13)22-19(7-8-19)16-11-25-18(21-16)23-26-14-5-6-14/h1-4,9-11,14H,5-8H2,(H,21,23)(H,22,24). The van der Waals surface area contributed by atoms with Crippen molar-refractivity contribution < 1.29 is 4.79 Å². The molecule has 2 fully saturated rings. The molecule has 7 heteroatoms. The summed E-state index contributed by atoms with van der Waals surface area (Å²) in [4.78, 5) is 21.8. The number of rotatable bonds is 6. The maximum absolute atomic E-state index is 12.8. The van der Waals surface area contributed by atoms with Gasteiger partial charge in [-0.15, -0.1) is 11.3 Å². The number of fused-ring (bicyclic) bond motifs is 1. The van der Waals surface area contributed by atoms with E-state index in [2.05, 4.69) is 20.4 Å². The summed E-state index contributed by atoms with van der Waals surface area (Å²) in [6, 6.07) is 9.54. The first-order chi connectivity index (χ1) is 12.7. The van der Waals surface area contributed by atoms with Crippen LogP contribution in [0.2, 0.25) is 0 Å². The molecule has 0 radical (unpaired) electrons. The van der Waals surface area contributed by atoms with Gasteiger partial charge >= 0.3 is 0 Å². The largest absolute Gasteiger partial charge is 0.341 e. The molecule has 0 atom stereocenters. The van der Waals surface area contributed by atoms with Crippen molar-refractivity contribution in [3.05, 3.63) is 53.2 Å². The van der Waals surface area contributed by atoms with E-state index >= 15 is 0 Å². The average Bonchev–Trinajstić information content (AvgIpc) is 3.60. The smallest absolute Gasteiger partial charge is 0.252 e. The Kier molecular flexibility index (Phi) is 3.86. The highest BCUT2D eigenvalue weighted by molar-refractivity contribution is 8.01. The quantitative estimate of drug-likeness (QED) is 0.621. The van der Waals surface area contributed by atoms with Crippen LogP contribution in [0.4, 0.5) is 5.13 Å². The first kappa shape index (κ1) is 16.1. The first-order valence-corrected chi connectivity index (χ1v) is 10.5. The van der Waals surface area contributed by atoms with Gasteiger partial charge in [-0.1, -0.05) is 12.1 Å². The summed E-state index contributed by atoms with van der Waals surface area (Å²) in [5.74, 6) is -0.0649. The molecule has 1 amide bonds. The van der Waals surface area contributed by atoms with E-state index in [1.807, 2.05) is 30.3 Å². The van der Waals surface area contributed by atoms with Gasteiger partial charge in [0.25, 0.3) is 5.91 Å². The Morgan fingerprint density at radius 2 is 2.15 bits per heavy atom. The molecule has 2 aromatic heterocycles. The van der Waals surface area contributed by atoms with Gasteiger partial charge in [0.15, 0.2) is 5.13 Å². The molecule has 0 bridgehead atoms. The number of pyridine rings is 1. The van der Waals surface area contributed by atoms with E-state index in [-0.39, 0.29) is 11.4 Å². The number of hydrogen-bond donors (Lipinski definition) is 2. The topological polar surface area (TPSA) is 66.9 Å². The van der Waals surface area contributed by atoms with E-state index < -0.39 is 0 Å². The van der Waals surface area contributed by atoms with Gasteiger partial charge in [0.1, 0.15) is 0 Å². The van der Waals surface area contributed by atoms with Crippen LogP contribution in [0.15, 0.2) is 41.9 Å². The fourth-order valence-corrected chi connectivity index (χ4v) is 4.60. The third-order valence-corrected chi connectivity index (χ3v) is 6.81. The minimum atomic E-state index is -0.309. The van der Waals surface area contributed by atoms with Crippen molar-refractivity contribution in [1.82, 2.24) is 15.3 Å². The molecule has 1 aromatic carbocycles. The number of carbonyl (C=O) groups excluding carboxylic acids is 1. The summed E-state index contributed by atoms with van der Waals surface area (Å²) < 4.78 is 3.34. The van der Waals surface area contributed by atoms with Crippen molar-refractivity contribution in [2.45, 2.75) is 36.5 Å². The predicted molar refractivity (Wildman–Crippen MR) is 106 cm³/mol. The van der Waals surface area contributed by atoms with Gasteiger partial charge in [-0.25, -0.2) is 4.98 Å². The van der Waals surface area contributed by atoms with Crippen LogP contribution in [0.3, 0.4) is 0 Å². The second-order valence-corrected chi connectivity index (χ2v) is 8.87. The SMILES string of the molecule is O=C(NC1(c2csc(NSC3CC3)n2)CC1)c1ccc2cccnc2c1. The van der Waals surface area contributed by atoms with Gasteiger partial charge in [0.2, 0.25) is 0 Å². The number of thiazole rings is 1. The number of hydrogen-bond acceptors (Lipinski definition) is 6. The summed E-state index contributed by atoms with van der Waals surface area (Å²) in [6.45, 7) is 0. The van der Waals surface area contributed by atoms with Gasteiger partial charge in [-0.05, 0) is 55.8 Å². The molecular weight excluding hydrogens is 364 g/mol. The van der Waals surface area contributed by atoms with E-state index in [0.717, 1.165) is 39.8 Å². The predicted octanol–water partition coefficient (Wildman–Crippen LogP) is 4.33. The van der Waals surface area contributed by atoms with Crippen molar-refractivity contribution >= 4 is 45.2 Å². The van der Waals surface area contributed by atoms with Gasteiger partial charge in [0, 0.05) is 27.8 Å². The molecule has 0 unspecified atom stereocenters. The lowest BCUT2D eigenvalue weighted by Gasteiger charge is -2.15. The zero-order valence-corrected chi connectivity index (χ0v) is 15.7. The van der Waals surface area contributed by atoms with Crippen LogP contribution < -0.4 is 10.0 Å². The molecule has 2 saturated carbocycles. The summed E-state index contributed by atoms with van der Waals surface area (Å²) in [6.07, 6.45) is 6.19. The van der Waals surface area contributed by atoms with Crippen LogP contribution in [0.1, 0.15) is 41.7 Å². The van der Waals surface area contributed by atoms with E-state index in [1.165, 1.54) is 12.8 Å². The van der Waals surface area contributed by atoms with E-state index in [1.54, 1.807) is 29.5 Å². The van der Waals surface area contributed by atoms with Crippen LogP contribution in [0.25, 0.3) is 10.9 Å². The third kappa shape index (κ3) is 3.17. The fourth-order valence-electron chi connectivity index (χ4n) is 2.93. The molecule has 2 N–H and O–H groups in total. The van der Waals surface area contributed by atoms with Gasteiger partial charge in [-0.2, -0.15) is 0 Å². The van der Waals surface area contributed by atoms with Crippen LogP contribution >= 0.6 is 23.3 Å². The van der Waals surface area contributed by atoms with E-state index in [4.69, 9.17) is 4.98 Å². The van der Waals surface area contributed by atoms with Crippen molar-refractivity contribution in [2.24, 2.45) is 0 Å². The van der Waals surface area contributed by atoms with Gasteiger partial charge in [0.05, 0.1) is 16.7 Å². The Morgan fingerprint density at radius 1 is 1.27 bits per heavy atom. The number of carbonyl (C=O) groups is 1. The minimum Gasteiger partial charge on any atom is -0.341 e. The highest BCUT2D eigenvalue weighted by atomic mass is 32.2. The van der Waals surface area contributed by atoms with Crippen molar-refractivity contribution in [1.29, 1.82) is 0 Å². The second kappa shape index (κ2) is 6.25. The molecule has 2 aliphatic carbocycles. The van der Waals surface area contributed by atoms with Crippen molar-refractivity contribution in [3.63, 3.8) is 0 Å². The molecule has 2 heterocycles. The monoisotopic (exact) mass is 382 g/mol. The molecule has 0 saturated heterocycles. The van der Waals surface area contributed by atoms with Gasteiger partial charge in [-0.3, -0.25) is 9.78 Å². The van der Waals surface area contributed by atoms with E-state index in [0.29, 0.717) is 5.56 Å². The maximum atomic E-state index is 12.8. The lowest BCUT2D eigenvalue weighted by molar-refractivity contribution is 0.0930. The zero-order valence-electron chi connectivity index (χ0n) is 14.1. The summed E-state index contributed by atoms with van der Waals surface area (Å²) in [7, 11) is 0. The Bertz CT molecular complexity index is 978. The van der Waals surface area contributed by atoms with Crippen LogP contribution in [-0.4, -0.2) is 21.1 Å². The fraction of sp³-hybridized carbons (Fsp3) is 0.316. The molecule has 5 rings (SSSR count). The lowest BCUT2D eigenvalue weighted by Crippen LogP contribution is -2.35. The zero-order chi connectivity index (χ0) is 17.6. The highest BCUT2D eigenvalue weighted by Crippen LogP contribution is 2.46. The number of nitrogens with zero attached hydrogens (tertiary/aromatic N) is 2. The number of benzene rings is 1.